The Morgan fingerprint density at radius 3 is 2.27 bits per heavy atom. The molecule has 3 aliphatic rings. The summed E-state index contributed by atoms with van der Waals surface area (Å²) in [7, 11) is -1.15. The minimum atomic E-state index is -1.15. The maximum atomic E-state index is 13.4. The number of tetrazole rings is 1. The van der Waals surface area contributed by atoms with Crippen LogP contribution >= 0.6 is 0 Å². The molecule has 1 atom stereocenters. The minimum Gasteiger partial charge on any atom is -0.299 e. The van der Waals surface area contributed by atoms with E-state index >= 15 is 0 Å². The average Bonchev–Trinajstić information content (AvgIpc) is 3.25. The third-order valence-corrected chi connectivity index (χ3v) is 10.1. The summed E-state index contributed by atoms with van der Waals surface area (Å²) in [6.07, 6.45) is 6.96. The summed E-state index contributed by atoms with van der Waals surface area (Å²) in [5, 5.41) is 13.3. The van der Waals surface area contributed by atoms with Gasteiger partial charge in [0.1, 0.15) is 11.0 Å². The van der Waals surface area contributed by atoms with Gasteiger partial charge in [-0.25, -0.2) is 13.2 Å². The van der Waals surface area contributed by atoms with Crippen molar-refractivity contribution in [2.75, 3.05) is 39.3 Å². The van der Waals surface area contributed by atoms with E-state index in [1.54, 1.807) is 0 Å². The third kappa shape index (κ3) is 5.14. The maximum Gasteiger partial charge on any atom is 0.172 e. The number of benzene rings is 2. The van der Waals surface area contributed by atoms with E-state index in [1.165, 1.54) is 31.4 Å². The van der Waals surface area contributed by atoms with E-state index in [4.69, 9.17) is 0 Å². The van der Waals surface area contributed by atoms with E-state index < -0.39 is 11.0 Å². The van der Waals surface area contributed by atoms with Gasteiger partial charge in [0.2, 0.25) is 0 Å². The predicted molar refractivity (Wildman–Crippen MR) is 144 cm³/mol. The summed E-state index contributed by atoms with van der Waals surface area (Å²) in [4.78, 5) is 6.25. The molecule has 1 aromatic heterocycles. The van der Waals surface area contributed by atoms with Gasteiger partial charge >= 0.3 is 0 Å². The van der Waals surface area contributed by atoms with Crippen LogP contribution in [0.4, 0.5) is 0 Å². The van der Waals surface area contributed by atoms with E-state index in [9.17, 15) is 4.21 Å². The fourth-order valence-electron chi connectivity index (χ4n) is 6.27. The summed E-state index contributed by atoms with van der Waals surface area (Å²) in [5.74, 6) is 0.957. The molecule has 3 aromatic rings. The normalized spacial score (nSPS) is 22.8. The fraction of sp³-hybridized carbons (Fsp3) is 0.536. The summed E-state index contributed by atoms with van der Waals surface area (Å²) >= 11 is 0. The van der Waals surface area contributed by atoms with Crippen molar-refractivity contribution >= 4 is 11.0 Å². The second-order valence-corrected chi connectivity index (χ2v) is 12.1. The Morgan fingerprint density at radius 1 is 0.838 bits per heavy atom. The van der Waals surface area contributed by atoms with E-state index in [2.05, 4.69) is 53.9 Å². The molecule has 2 saturated heterocycles. The lowest BCUT2D eigenvalue weighted by atomic mass is 9.85. The van der Waals surface area contributed by atoms with Gasteiger partial charge in [-0.2, -0.15) is 0 Å². The molecular weight excluding hydrogens is 482 g/mol. The smallest absolute Gasteiger partial charge is 0.172 e. The topological polar surface area (TPSA) is 70.4 Å². The molecule has 0 bridgehead atoms. The van der Waals surface area contributed by atoms with E-state index in [1.807, 2.05) is 41.1 Å². The molecule has 6 rings (SSSR count). The molecule has 9 heteroatoms. The summed E-state index contributed by atoms with van der Waals surface area (Å²) in [6.45, 7) is 6.51. The molecule has 1 unspecified atom stereocenters. The summed E-state index contributed by atoms with van der Waals surface area (Å²) in [5.41, 5.74) is 0.937. The van der Waals surface area contributed by atoms with Gasteiger partial charge in [0.15, 0.2) is 5.82 Å². The number of hydrogen-bond donors (Lipinski definition) is 0. The molecule has 0 spiro atoms. The second kappa shape index (κ2) is 11.1. The van der Waals surface area contributed by atoms with Crippen molar-refractivity contribution in [1.82, 2.24) is 34.3 Å². The lowest BCUT2D eigenvalue weighted by molar-refractivity contribution is 0.0263. The second-order valence-electron chi connectivity index (χ2n) is 10.6. The molecule has 0 amide bonds. The molecule has 8 nitrogen and oxygen atoms in total. The van der Waals surface area contributed by atoms with Crippen LogP contribution in [0.5, 0.6) is 0 Å². The Balaban J connectivity index is 1.27. The highest BCUT2D eigenvalue weighted by Gasteiger charge is 2.47. The number of nitrogens with zero attached hydrogens (tertiary/aromatic N) is 7. The van der Waals surface area contributed by atoms with Crippen molar-refractivity contribution in [2.45, 2.75) is 61.5 Å². The van der Waals surface area contributed by atoms with Crippen LogP contribution in [0.1, 0.15) is 49.9 Å². The Morgan fingerprint density at radius 2 is 1.57 bits per heavy atom. The van der Waals surface area contributed by atoms with E-state index in [0.29, 0.717) is 6.54 Å². The van der Waals surface area contributed by atoms with Crippen LogP contribution in [0.3, 0.4) is 0 Å². The van der Waals surface area contributed by atoms with Crippen LogP contribution in [0.15, 0.2) is 65.6 Å². The zero-order valence-corrected chi connectivity index (χ0v) is 22.3. The highest BCUT2D eigenvalue weighted by Crippen LogP contribution is 2.40. The Labute approximate surface area is 222 Å². The zero-order chi connectivity index (χ0) is 25.1. The van der Waals surface area contributed by atoms with Crippen LogP contribution in [0, 0.1) is 0 Å². The molecule has 2 aliphatic heterocycles. The summed E-state index contributed by atoms with van der Waals surface area (Å²) < 4.78 is 17.5. The highest BCUT2D eigenvalue weighted by molar-refractivity contribution is 7.82. The molecule has 3 heterocycles. The molecule has 37 heavy (non-hydrogen) atoms. The number of piperidine rings is 1. The van der Waals surface area contributed by atoms with Gasteiger partial charge in [0, 0.05) is 38.8 Å². The molecule has 2 aromatic carbocycles. The fourth-order valence-corrected chi connectivity index (χ4v) is 7.47. The first kappa shape index (κ1) is 24.9. The zero-order valence-electron chi connectivity index (χ0n) is 21.5. The molecule has 1 saturated carbocycles. The monoisotopic (exact) mass is 519 g/mol. The first-order chi connectivity index (χ1) is 18.2. The Bertz CT molecular complexity index is 1180. The Kier molecular flexibility index (Phi) is 7.46. The maximum absolute atomic E-state index is 13.4. The molecule has 196 valence electrons. The lowest BCUT2D eigenvalue weighted by Gasteiger charge is -2.47. The van der Waals surface area contributed by atoms with Crippen LogP contribution in [0.25, 0.3) is 0 Å². The standard InChI is InChI=1S/C28H37N7OS/c36-37(26-13-5-2-6-14-26)34-19-15-28(16-20-34,33-18-8-17-32(21-22-33)25-11-7-12-25)27-29-30-31-35(27)23-24-9-3-1-4-10-24/h1-6,9-10,13-14,25H,7-8,11-12,15-23H2. The molecule has 1 aliphatic carbocycles. The quantitative estimate of drug-likeness (QED) is 0.477. The number of rotatable bonds is 7. The first-order valence-electron chi connectivity index (χ1n) is 13.7. The van der Waals surface area contributed by atoms with Crippen molar-refractivity contribution < 1.29 is 4.21 Å². The van der Waals surface area contributed by atoms with Gasteiger partial charge in [-0.1, -0.05) is 55.0 Å². The van der Waals surface area contributed by atoms with Crippen molar-refractivity contribution in [3.05, 3.63) is 72.1 Å². The van der Waals surface area contributed by atoms with Gasteiger partial charge in [-0.05, 0) is 66.8 Å². The van der Waals surface area contributed by atoms with Crippen molar-refractivity contribution in [3.63, 3.8) is 0 Å². The SMILES string of the molecule is O=S(c1ccccc1)N1CCC(c2nnnn2Cc2ccccc2)(N2CCCN(C3CCC3)CC2)CC1. The average molecular weight is 520 g/mol. The van der Waals surface area contributed by atoms with E-state index in [0.717, 1.165) is 68.7 Å². The van der Waals surface area contributed by atoms with Gasteiger partial charge < -0.3 is 0 Å². The number of hydrogen-bond acceptors (Lipinski definition) is 6. The molecular formula is C28H37N7OS. The van der Waals surface area contributed by atoms with Crippen LogP contribution in [0.2, 0.25) is 0 Å². The molecule has 0 N–H and O–H groups in total. The molecule has 3 fully saturated rings. The number of aromatic nitrogens is 4. The highest BCUT2D eigenvalue weighted by atomic mass is 32.2. The minimum absolute atomic E-state index is 0.259. The predicted octanol–water partition coefficient (Wildman–Crippen LogP) is 3.30. The van der Waals surface area contributed by atoms with Crippen molar-refractivity contribution in [3.8, 4) is 0 Å². The van der Waals surface area contributed by atoms with Gasteiger partial charge in [-0.3, -0.25) is 9.80 Å². The van der Waals surface area contributed by atoms with Crippen molar-refractivity contribution in [2.24, 2.45) is 0 Å². The van der Waals surface area contributed by atoms with Crippen LogP contribution < -0.4 is 0 Å². The van der Waals surface area contributed by atoms with Gasteiger partial charge in [-0.15, -0.1) is 5.10 Å². The van der Waals surface area contributed by atoms with Crippen LogP contribution in [-0.2, 0) is 23.1 Å². The van der Waals surface area contributed by atoms with Gasteiger partial charge in [0.25, 0.3) is 0 Å². The Hall–Kier alpha value is -2.46. The van der Waals surface area contributed by atoms with Crippen LogP contribution in [-0.4, -0.2) is 83.8 Å². The van der Waals surface area contributed by atoms with E-state index in [-0.39, 0.29) is 5.54 Å². The lowest BCUT2D eigenvalue weighted by Crippen LogP contribution is -2.56. The largest absolute Gasteiger partial charge is 0.299 e. The summed E-state index contributed by atoms with van der Waals surface area (Å²) in [6, 6.07) is 21.0. The molecule has 0 radical (unpaired) electrons. The van der Waals surface area contributed by atoms with Crippen molar-refractivity contribution in [1.29, 1.82) is 0 Å². The first-order valence-corrected chi connectivity index (χ1v) is 14.9. The third-order valence-electron chi connectivity index (χ3n) is 8.58. The van der Waals surface area contributed by atoms with Gasteiger partial charge in [0.05, 0.1) is 17.0 Å².